The molecule has 3 aromatic rings. The van der Waals surface area contributed by atoms with Gasteiger partial charge >= 0.3 is 0 Å². The van der Waals surface area contributed by atoms with E-state index in [0.29, 0.717) is 30.4 Å². The number of rotatable bonds is 5. The number of hydrogen-bond donors (Lipinski definition) is 2. The van der Waals surface area contributed by atoms with Gasteiger partial charge in [-0.1, -0.05) is 18.2 Å². The highest BCUT2D eigenvalue weighted by molar-refractivity contribution is 6.03. The Kier molecular flexibility index (Phi) is 5.34. The molecule has 0 saturated carbocycles. The van der Waals surface area contributed by atoms with E-state index in [9.17, 15) is 4.79 Å². The molecule has 0 unspecified atom stereocenters. The van der Waals surface area contributed by atoms with Crippen molar-refractivity contribution in [3.05, 3.63) is 66.1 Å². The summed E-state index contributed by atoms with van der Waals surface area (Å²) in [5.74, 6) is 0.532. The van der Waals surface area contributed by atoms with E-state index in [4.69, 9.17) is 4.74 Å². The summed E-state index contributed by atoms with van der Waals surface area (Å²) in [6, 6.07) is 15.5. The highest BCUT2D eigenvalue weighted by atomic mass is 16.5. The van der Waals surface area contributed by atoms with Gasteiger partial charge in [-0.05, 0) is 50.1 Å². The Morgan fingerprint density at radius 3 is 2.61 bits per heavy atom. The first-order chi connectivity index (χ1) is 13.7. The van der Waals surface area contributed by atoms with Crippen molar-refractivity contribution in [2.45, 2.75) is 25.8 Å². The molecule has 0 atom stereocenters. The predicted molar refractivity (Wildman–Crippen MR) is 108 cm³/mol. The lowest BCUT2D eigenvalue weighted by molar-refractivity contribution is 0.0646. The lowest BCUT2D eigenvalue weighted by Gasteiger charge is -2.24. The number of carbonyl (C=O) groups excluding carboxylic acids is 1. The molecule has 2 aromatic heterocycles. The fraction of sp³-hybridized carbons (Fsp3) is 0.286. The first-order valence-electron chi connectivity index (χ1n) is 9.42. The van der Waals surface area contributed by atoms with Crippen molar-refractivity contribution >= 4 is 23.1 Å². The largest absolute Gasteiger partial charge is 0.381 e. The monoisotopic (exact) mass is 377 g/mol. The van der Waals surface area contributed by atoms with E-state index in [-0.39, 0.29) is 11.9 Å². The van der Waals surface area contributed by atoms with Crippen LogP contribution in [0.1, 0.15) is 35.1 Å². The van der Waals surface area contributed by atoms with Crippen molar-refractivity contribution in [2.24, 2.45) is 0 Å². The summed E-state index contributed by atoms with van der Waals surface area (Å²) in [7, 11) is 0. The van der Waals surface area contributed by atoms with Gasteiger partial charge in [0.2, 0.25) is 0 Å². The molecule has 1 aromatic carbocycles. The second-order valence-corrected chi connectivity index (χ2v) is 6.84. The highest BCUT2D eigenvalue weighted by Gasteiger charge is 2.23. The van der Waals surface area contributed by atoms with Crippen LogP contribution in [0.15, 0.2) is 54.7 Å². The maximum atomic E-state index is 12.8. The zero-order chi connectivity index (χ0) is 19.3. The maximum Gasteiger partial charge on any atom is 0.273 e. The lowest BCUT2D eigenvalue weighted by atomic mass is 10.1. The number of anilines is 3. The Balaban J connectivity index is 1.45. The van der Waals surface area contributed by atoms with E-state index in [0.717, 1.165) is 24.2 Å². The molecular formula is C21H23N5O2. The second kappa shape index (κ2) is 8.22. The van der Waals surface area contributed by atoms with Crippen LogP contribution in [-0.4, -0.2) is 33.9 Å². The fourth-order valence-corrected chi connectivity index (χ4v) is 3.30. The van der Waals surface area contributed by atoms with E-state index >= 15 is 0 Å². The van der Waals surface area contributed by atoms with Crippen LogP contribution < -0.4 is 10.6 Å². The molecule has 3 heterocycles. The minimum atomic E-state index is -0.183. The molecule has 144 valence electrons. The van der Waals surface area contributed by atoms with Crippen molar-refractivity contribution in [2.75, 3.05) is 23.8 Å². The van der Waals surface area contributed by atoms with Crippen LogP contribution in [0.25, 0.3) is 0 Å². The standard InChI is InChI=1S/C21H23N5O2/c1-15-13-19(26(25-15)18-9-11-28-12-10-18)21(27)24-17-7-8-20(22-14-17)23-16-5-3-2-4-6-16/h2-8,13-14,18H,9-12H2,1H3,(H,22,23)(H,24,27). The first-order valence-corrected chi connectivity index (χ1v) is 9.42. The van der Waals surface area contributed by atoms with Crippen molar-refractivity contribution in [1.29, 1.82) is 0 Å². The Bertz CT molecular complexity index is 931. The minimum Gasteiger partial charge on any atom is -0.381 e. The van der Waals surface area contributed by atoms with Gasteiger partial charge in [0.25, 0.3) is 5.91 Å². The second-order valence-electron chi connectivity index (χ2n) is 6.84. The Hall–Kier alpha value is -3.19. The summed E-state index contributed by atoms with van der Waals surface area (Å²) >= 11 is 0. The molecule has 1 aliphatic heterocycles. The van der Waals surface area contributed by atoms with Crippen molar-refractivity contribution in [3.63, 3.8) is 0 Å². The normalized spacial score (nSPS) is 14.6. The highest BCUT2D eigenvalue weighted by Crippen LogP contribution is 2.23. The topological polar surface area (TPSA) is 81.1 Å². The van der Waals surface area contributed by atoms with Crippen molar-refractivity contribution < 1.29 is 9.53 Å². The number of aromatic nitrogens is 3. The van der Waals surface area contributed by atoms with E-state index in [1.807, 2.05) is 60.1 Å². The number of carbonyl (C=O) groups is 1. The fourth-order valence-electron chi connectivity index (χ4n) is 3.30. The molecule has 1 fully saturated rings. The number of hydrogen-bond acceptors (Lipinski definition) is 5. The SMILES string of the molecule is Cc1cc(C(=O)Nc2ccc(Nc3ccccc3)nc2)n(C2CCOCC2)n1. The van der Waals surface area contributed by atoms with Gasteiger partial charge in [0.15, 0.2) is 0 Å². The van der Waals surface area contributed by atoms with Gasteiger partial charge in [-0.2, -0.15) is 5.10 Å². The van der Waals surface area contributed by atoms with Crippen LogP contribution in [-0.2, 0) is 4.74 Å². The predicted octanol–water partition coefficient (Wildman–Crippen LogP) is 3.93. The minimum absolute atomic E-state index is 0.183. The van der Waals surface area contributed by atoms with Crippen LogP contribution in [0, 0.1) is 6.92 Å². The zero-order valence-electron chi connectivity index (χ0n) is 15.8. The Labute approximate surface area is 163 Å². The third kappa shape index (κ3) is 4.20. The molecule has 1 aliphatic rings. The van der Waals surface area contributed by atoms with E-state index < -0.39 is 0 Å². The number of nitrogens with zero attached hydrogens (tertiary/aromatic N) is 3. The average molecular weight is 377 g/mol. The molecule has 28 heavy (non-hydrogen) atoms. The average Bonchev–Trinajstić information content (AvgIpc) is 3.13. The number of para-hydroxylation sites is 1. The third-order valence-corrected chi connectivity index (χ3v) is 4.69. The first kappa shape index (κ1) is 18.2. The van der Waals surface area contributed by atoms with Crippen LogP contribution in [0.5, 0.6) is 0 Å². The third-order valence-electron chi connectivity index (χ3n) is 4.69. The number of amides is 1. The van der Waals surface area contributed by atoms with Gasteiger partial charge in [-0.3, -0.25) is 9.48 Å². The van der Waals surface area contributed by atoms with Crippen molar-refractivity contribution in [3.8, 4) is 0 Å². The molecule has 0 radical (unpaired) electrons. The number of nitrogens with one attached hydrogen (secondary N) is 2. The van der Waals surface area contributed by atoms with Gasteiger partial charge in [-0.25, -0.2) is 4.98 Å². The van der Waals surface area contributed by atoms with Gasteiger partial charge < -0.3 is 15.4 Å². The molecule has 0 bridgehead atoms. The molecule has 0 spiro atoms. The number of ether oxygens (including phenoxy) is 1. The van der Waals surface area contributed by atoms with Gasteiger partial charge in [0.1, 0.15) is 11.5 Å². The Morgan fingerprint density at radius 2 is 1.89 bits per heavy atom. The van der Waals surface area contributed by atoms with E-state index in [2.05, 4.69) is 20.7 Å². The zero-order valence-corrected chi connectivity index (χ0v) is 15.8. The van der Waals surface area contributed by atoms with Gasteiger partial charge in [-0.15, -0.1) is 0 Å². The maximum absolute atomic E-state index is 12.8. The summed E-state index contributed by atoms with van der Waals surface area (Å²) in [5.41, 5.74) is 3.00. The molecular weight excluding hydrogens is 354 g/mol. The molecule has 0 aliphatic carbocycles. The smallest absolute Gasteiger partial charge is 0.273 e. The lowest BCUT2D eigenvalue weighted by Crippen LogP contribution is -2.25. The van der Waals surface area contributed by atoms with Crippen LogP contribution in [0.4, 0.5) is 17.2 Å². The van der Waals surface area contributed by atoms with Crippen molar-refractivity contribution in [1.82, 2.24) is 14.8 Å². The quantitative estimate of drug-likeness (QED) is 0.704. The Morgan fingerprint density at radius 1 is 1.11 bits per heavy atom. The number of pyridine rings is 1. The molecule has 7 nitrogen and oxygen atoms in total. The van der Waals surface area contributed by atoms with E-state index in [1.54, 1.807) is 6.20 Å². The van der Waals surface area contributed by atoms with Crippen LogP contribution in [0.3, 0.4) is 0 Å². The van der Waals surface area contributed by atoms with E-state index in [1.165, 1.54) is 0 Å². The molecule has 2 N–H and O–H groups in total. The van der Waals surface area contributed by atoms with Gasteiger partial charge in [0.05, 0.1) is 23.6 Å². The molecule has 1 saturated heterocycles. The number of aryl methyl sites for hydroxylation is 1. The van der Waals surface area contributed by atoms with Gasteiger partial charge in [0, 0.05) is 18.9 Å². The van der Waals surface area contributed by atoms with Crippen LogP contribution >= 0.6 is 0 Å². The summed E-state index contributed by atoms with van der Waals surface area (Å²) in [5, 5.41) is 10.7. The van der Waals surface area contributed by atoms with Crippen LogP contribution in [0.2, 0.25) is 0 Å². The summed E-state index contributed by atoms with van der Waals surface area (Å²) < 4.78 is 7.26. The summed E-state index contributed by atoms with van der Waals surface area (Å²) in [4.78, 5) is 17.2. The summed E-state index contributed by atoms with van der Waals surface area (Å²) in [6.45, 7) is 3.30. The molecule has 4 rings (SSSR count). The molecule has 7 heteroatoms. The number of benzene rings is 1. The summed E-state index contributed by atoms with van der Waals surface area (Å²) in [6.07, 6.45) is 3.37. The molecule has 1 amide bonds.